The summed E-state index contributed by atoms with van der Waals surface area (Å²) in [6.45, 7) is -1.03. The molecule has 0 unspecified atom stereocenters. The maximum atomic E-state index is 13.1. The monoisotopic (exact) mass is 600 g/mol. The predicted molar refractivity (Wildman–Crippen MR) is 132 cm³/mol. The lowest BCUT2D eigenvalue weighted by Gasteiger charge is -2.30. The van der Waals surface area contributed by atoms with Crippen LogP contribution in [0, 0.1) is 5.92 Å². The van der Waals surface area contributed by atoms with E-state index >= 15 is 0 Å². The van der Waals surface area contributed by atoms with Gasteiger partial charge in [-0.2, -0.15) is 18.2 Å². The molecule has 3 aromatic rings. The zero-order valence-electron chi connectivity index (χ0n) is 19.6. The predicted octanol–water partition coefficient (Wildman–Crippen LogP) is 6.56. The minimum Gasteiger partial charge on any atom is -0.471 e. The highest BCUT2D eigenvalue weighted by molar-refractivity contribution is 6.45. The van der Waals surface area contributed by atoms with E-state index in [4.69, 9.17) is 39.5 Å². The van der Waals surface area contributed by atoms with Gasteiger partial charge in [0.05, 0.1) is 16.6 Å². The quantitative estimate of drug-likeness (QED) is 0.235. The van der Waals surface area contributed by atoms with Crippen LogP contribution in [0.1, 0.15) is 36.0 Å². The zero-order valence-corrected chi connectivity index (χ0v) is 21.8. The molecule has 0 bridgehead atoms. The molecule has 3 heterocycles. The van der Waals surface area contributed by atoms with Gasteiger partial charge in [0.2, 0.25) is 11.8 Å². The van der Waals surface area contributed by atoms with Gasteiger partial charge >= 0.3 is 6.18 Å². The normalized spacial score (nSPS) is 18.2. The van der Waals surface area contributed by atoms with Gasteiger partial charge in [-0.1, -0.05) is 34.8 Å². The molecular weight excluding hydrogens is 582 g/mol. The molecule has 0 aliphatic heterocycles. The van der Waals surface area contributed by atoms with Crippen molar-refractivity contribution in [2.45, 2.75) is 44.3 Å². The summed E-state index contributed by atoms with van der Waals surface area (Å²) in [5.74, 6) is -2.36. The Morgan fingerprint density at radius 3 is 2.50 bits per heavy atom. The second-order valence-corrected chi connectivity index (χ2v) is 9.80. The number of carbonyl (C=O) groups excluding carboxylic acids is 1. The van der Waals surface area contributed by atoms with Crippen molar-refractivity contribution in [3.8, 4) is 5.88 Å². The molecule has 0 atom stereocenters. The van der Waals surface area contributed by atoms with Crippen molar-refractivity contribution >= 4 is 63.5 Å². The lowest BCUT2D eigenvalue weighted by molar-refractivity contribution is -0.182. The summed E-state index contributed by atoms with van der Waals surface area (Å²) >= 11 is 18.3. The van der Waals surface area contributed by atoms with E-state index in [0.29, 0.717) is 0 Å². The number of nitrogens with one attached hydrogen (secondary N) is 2. The van der Waals surface area contributed by atoms with Crippen LogP contribution < -0.4 is 15.4 Å². The number of pyridine rings is 2. The van der Waals surface area contributed by atoms with Gasteiger partial charge in [0.25, 0.3) is 12.3 Å². The topological polar surface area (TPSA) is 94.0 Å². The van der Waals surface area contributed by atoms with Gasteiger partial charge in [0.15, 0.2) is 12.3 Å². The molecule has 38 heavy (non-hydrogen) atoms. The number of alkyl halides is 5. The fraction of sp³-hybridized carbons (Fsp3) is 0.455. The molecular formula is C22H20Cl3F5N6O2. The highest BCUT2D eigenvalue weighted by Gasteiger charge is 2.41. The van der Waals surface area contributed by atoms with Crippen molar-refractivity contribution in [2.24, 2.45) is 13.0 Å². The SMILES string of the molecule is Cn1c(Nc2c(Cl)cnc(Cl)c2Cl)nc2cc(C(=O)NC3CCC(C(F)(F)F)CC3)c(OCC(F)F)nc21. The number of ether oxygens (including phenoxy) is 1. The first-order valence-electron chi connectivity index (χ1n) is 11.3. The second-order valence-electron chi connectivity index (χ2n) is 8.65. The number of amides is 1. The highest BCUT2D eigenvalue weighted by Crippen LogP contribution is 2.38. The first-order chi connectivity index (χ1) is 17.8. The number of fused-ring (bicyclic) bond motifs is 1. The Bertz CT molecular complexity index is 1350. The molecule has 16 heteroatoms. The number of hydrogen-bond donors (Lipinski definition) is 2. The Morgan fingerprint density at radius 2 is 1.87 bits per heavy atom. The molecule has 1 aliphatic rings. The summed E-state index contributed by atoms with van der Waals surface area (Å²) in [6.07, 6.45) is -5.87. The molecule has 1 aliphatic carbocycles. The molecule has 4 rings (SSSR count). The first kappa shape index (κ1) is 28.4. The van der Waals surface area contributed by atoms with Crippen LogP contribution in [0.25, 0.3) is 11.2 Å². The minimum absolute atomic E-state index is 0.0126. The number of hydrogen-bond acceptors (Lipinski definition) is 6. The lowest BCUT2D eigenvalue weighted by Crippen LogP contribution is -2.40. The maximum absolute atomic E-state index is 13.1. The molecule has 0 saturated heterocycles. The van der Waals surface area contributed by atoms with Gasteiger partial charge in [0.1, 0.15) is 21.3 Å². The van der Waals surface area contributed by atoms with Crippen molar-refractivity contribution < 1.29 is 31.5 Å². The number of rotatable bonds is 7. The number of aromatic nitrogens is 4. The van der Waals surface area contributed by atoms with Gasteiger partial charge in [-0.25, -0.2) is 18.7 Å². The number of halogens is 8. The van der Waals surface area contributed by atoms with Gasteiger partial charge in [-0.3, -0.25) is 9.36 Å². The molecule has 2 N–H and O–H groups in total. The summed E-state index contributed by atoms with van der Waals surface area (Å²) < 4.78 is 71.3. The summed E-state index contributed by atoms with van der Waals surface area (Å²) in [5, 5.41) is 5.73. The third kappa shape index (κ3) is 6.15. The molecule has 1 amide bonds. The van der Waals surface area contributed by atoms with E-state index in [1.807, 2.05) is 0 Å². The van der Waals surface area contributed by atoms with Gasteiger partial charge < -0.3 is 15.4 Å². The summed E-state index contributed by atoms with van der Waals surface area (Å²) in [6, 6.07) is 0.773. The summed E-state index contributed by atoms with van der Waals surface area (Å²) in [4.78, 5) is 25.5. The summed E-state index contributed by atoms with van der Waals surface area (Å²) in [5.41, 5.74) is 0.376. The van der Waals surface area contributed by atoms with Crippen molar-refractivity contribution in [1.82, 2.24) is 24.8 Å². The maximum Gasteiger partial charge on any atom is 0.391 e. The Labute approximate surface area is 227 Å². The fourth-order valence-electron chi connectivity index (χ4n) is 4.12. The van der Waals surface area contributed by atoms with Gasteiger partial charge in [0, 0.05) is 19.3 Å². The Hall–Kier alpha value is -2.64. The smallest absolute Gasteiger partial charge is 0.391 e. The van der Waals surface area contributed by atoms with Crippen LogP contribution in [0.15, 0.2) is 12.3 Å². The van der Waals surface area contributed by atoms with Crippen LogP contribution in [0.3, 0.4) is 0 Å². The molecule has 3 aromatic heterocycles. The third-order valence-corrected chi connectivity index (χ3v) is 7.13. The molecule has 0 aromatic carbocycles. The van der Waals surface area contributed by atoms with Crippen LogP contribution in [0.2, 0.25) is 15.2 Å². The average molecular weight is 602 g/mol. The number of nitrogens with zero attached hydrogens (tertiary/aromatic N) is 4. The van der Waals surface area contributed by atoms with Gasteiger partial charge in [-0.15, -0.1) is 0 Å². The van der Waals surface area contributed by atoms with Crippen LogP contribution in [0.5, 0.6) is 5.88 Å². The van der Waals surface area contributed by atoms with Crippen molar-refractivity contribution in [3.63, 3.8) is 0 Å². The number of aryl methyl sites for hydroxylation is 1. The molecule has 1 fully saturated rings. The van der Waals surface area contributed by atoms with Crippen LogP contribution >= 0.6 is 34.8 Å². The van der Waals surface area contributed by atoms with E-state index in [1.165, 1.54) is 16.8 Å². The van der Waals surface area contributed by atoms with Crippen molar-refractivity contribution in [1.29, 1.82) is 0 Å². The molecule has 0 spiro atoms. The van der Waals surface area contributed by atoms with E-state index in [0.717, 1.165) is 0 Å². The fourth-order valence-corrected chi connectivity index (χ4v) is 4.70. The molecule has 8 nitrogen and oxygen atoms in total. The standard InChI is InChI=1S/C22H20Cl3F5N6O2/c1-36-18-13(33-21(36)34-16-12(23)7-31-17(25)15(16)24)6-11(20(35-18)38-8-14(26)27)19(37)32-10-4-2-9(3-5-10)22(28,29)30/h6-7,9-10,14H,2-5,8H2,1H3,(H,32,37)(H,31,33,34). The second kappa shape index (κ2) is 11.2. The van der Waals surface area contributed by atoms with Crippen LogP contribution in [-0.4, -0.2) is 50.7 Å². The Balaban J connectivity index is 1.63. The third-order valence-electron chi connectivity index (χ3n) is 6.09. The average Bonchev–Trinajstić information content (AvgIpc) is 3.16. The van der Waals surface area contributed by atoms with Gasteiger partial charge in [-0.05, 0) is 31.7 Å². The number of anilines is 2. The van der Waals surface area contributed by atoms with E-state index in [9.17, 15) is 26.7 Å². The number of carbonyl (C=O) groups is 1. The highest BCUT2D eigenvalue weighted by atomic mass is 35.5. The van der Waals surface area contributed by atoms with E-state index < -0.39 is 37.1 Å². The van der Waals surface area contributed by atoms with Crippen LogP contribution in [0.4, 0.5) is 33.6 Å². The molecule has 0 radical (unpaired) electrons. The van der Waals surface area contributed by atoms with E-state index in [1.54, 1.807) is 7.05 Å². The van der Waals surface area contributed by atoms with Crippen molar-refractivity contribution in [3.05, 3.63) is 33.0 Å². The minimum atomic E-state index is -4.29. The Morgan fingerprint density at radius 1 is 1.18 bits per heavy atom. The molecule has 1 saturated carbocycles. The van der Waals surface area contributed by atoms with Crippen molar-refractivity contribution in [2.75, 3.05) is 11.9 Å². The van der Waals surface area contributed by atoms with E-state index in [-0.39, 0.29) is 75.1 Å². The van der Waals surface area contributed by atoms with Crippen LogP contribution in [-0.2, 0) is 7.05 Å². The van der Waals surface area contributed by atoms with E-state index in [2.05, 4.69) is 25.6 Å². The summed E-state index contributed by atoms with van der Waals surface area (Å²) in [7, 11) is 1.56. The largest absolute Gasteiger partial charge is 0.471 e. The number of imidazole rings is 1. The zero-order chi connectivity index (χ0) is 27.8. The lowest BCUT2D eigenvalue weighted by atomic mass is 9.85. The Kier molecular flexibility index (Phi) is 8.38. The molecule has 206 valence electrons. The first-order valence-corrected chi connectivity index (χ1v) is 12.4.